The lowest BCUT2D eigenvalue weighted by molar-refractivity contribution is -0.0880. The van der Waals surface area contributed by atoms with Crippen molar-refractivity contribution in [1.29, 1.82) is 0 Å². The molecule has 1 unspecified atom stereocenters. The minimum absolute atomic E-state index is 0.139. The van der Waals surface area contributed by atoms with Crippen molar-refractivity contribution < 1.29 is 13.5 Å². The van der Waals surface area contributed by atoms with E-state index >= 15 is 0 Å². The van der Waals surface area contributed by atoms with Gasteiger partial charge in [-0.2, -0.15) is 0 Å². The number of hydrogen-bond donors (Lipinski definition) is 1. The van der Waals surface area contributed by atoms with Gasteiger partial charge in [0, 0.05) is 37.3 Å². The highest BCUT2D eigenvalue weighted by Crippen LogP contribution is 2.38. The third kappa shape index (κ3) is 2.16. The van der Waals surface area contributed by atoms with Gasteiger partial charge < -0.3 is 15.0 Å². The van der Waals surface area contributed by atoms with Crippen LogP contribution in [0, 0.1) is 11.6 Å². The standard InChI is InChI=1S/C14H18F2N2O/c1-18-5-4-17-13(7-18)14(8-19-9-14)11-3-2-10(15)6-12(11)16/h2-3,6,13,17H,4-5,7-9H2,1H3. The quantitative estimate of drug-likeness (QED) is 0.870. The number of piperazine rings is 1. The van der Waals surface area contributed by atoms with Crippen LogP contribution >= 0.6 is 0 Å². The third-order valence-electron chi connectivity index (χ3n) is 4.23. The van der Waals surface area contributed by atoms with E-state index in [-0.39, 0.29) is 11.5 Å². The third-order valence-corrected chi connectivity index (χ3v) is 4.23. The summed E-state index contributed by atoms with van der Waals surface area (Å²) in [6.45, 7) is 3.69. The van der Waals surface area contributed by atoms with Gasteiger partial charge >= 0.3 is 0 Å². The number of nitrogens with one attached hydrogen (secondary N) is 1. The molecule has 5 heteroatoms. The Labute approximate surface area is 111 Å². The lowest BCUT2D eigenvalue weighted by Gasteiger charge is -2.50. The second-order valence-corrected chi connectivity index (χ2v) is 5.54. The fourth-order valence-corrected chi connectivity index (χ4v) is 3.03. The molecule has 2 aliphatic rings. The number of rotatable bonds is 2. The molecule has 2 saturated heterocycles. The number of nitrogens with zero attached hydrogens (tertiary/aromatic N) is 1. The van der Waals surface area contributed by atoms with Crippen molar-refractivity contribution in [1.82, 2.24) is 10.2 Å². The van der Waals surface area contributed by atoms with Crippen LogP contribution in [0.4, 0.5) is 8.78 Å². The van der Waals surface area contributed by atoms with Gasteiger partial charge in [0.2, 0.25) is 0 Å². The lowest BCUT2D eigenvalue weighted by Crippen LogP contribution is -2.66. The fourth-order valence-electron chi connectivity index (χ4n) is 3.03. The van der Waals surface area contributed by atoms with Crippen LogP contribution in [0.1, 0.15) is 5.56 Å². The molecule has 1 atom stereocenters. The van der Waals surface area contributed by atoms with E-state index in [9.17, 15) is 8.78 Å². The molecule has 0 saturated carbocycles. The molecule has 19 heavy (non-hydrogen) atoms. The average Bonchev–Trinajstić information content (AvgIpc) is 2.30. The summed E-state index contributed by atoms with van der Waals surface area (Å²) in [5.41, 5.74) is 0.194. The molecular formula is C14H18F2N2O. The molecule has 1 aromatic carbocycles. The predicted octanol–water partition coefficient (Wildman–Crippen LogP) is 1.14. The zero-order chi connectivity index (χ0) is 13.5. The molecule has 3 nitrogen and oxygen atoms in total. The normalized spacial score (nSPS) is 27.0. The van der Waals surface area contributed by atoms with Crippen LogP contribution in [0.15, 0.2) is 18.2 Å². The second kappa shape index (κ2) is 4.81. The van der Waals surface area contributed by atoms with E-state index in [4.69, 9.17) is 4.74 Å². The topological polar surface area (TPSA) is 24.5 Å². The van der Waals surface area contributed by atoms with Crippen molar-refractivity contribution >= 4 is 0 Å². The highest BCUT2D eigenvalue weighted by atomic mass is 19.1. The van der Waals surface area contributed by atoms with Crippen LogP contribution in [-0.4, -0.2) is 50.8 Å². The molecular weight excluding hydrogens is 250 g/mol. The number of hydrogen-bond acceptors (Lipinski definition) is 3. The maximum Gasteiger partial charge on any atom is 0.130 e. The molecule has 2 fully saturated rings. The van der Waals surface area contributed by atoms with Crippen molar-refractivity contribution in [2.24, 2.45) is 0 Å². The Bertz CT molecular complexity index is 477. The van der Waals surface area contributed by atoms with Gasteiger partial charge in [-0.05, 0) is 13.1 Å². The Morgan fingerprint density at radius 1 is 1.37 bits per heavy atom. The molecule has 2 heterocycles. The van der Waals surface area contributed by atoms with Crippen LogP contribution < -0.4 is 5.32 Å². The van der Waals surface area contributed by atoms with Gasteiger partial charge in [0.05, 0.1) is 18.6 Å². The Hall–Kier alpha value is -1.04. The molecule has 2 aliphatic heterocycles. The summed E-state index contributed by atoms with van der Waals surface area (Å²) in [5.74, 6) is -1.01. The highest BCUT2D eigenvalue weighted by molar-refractivity contribution is 5.33. The van der Waals surface area contributed by atoms with Crippen LogP contribution in [0.25, 0.3) is 0 Å². The molecule has 0 amide bonds. The van der Waals surface area contributed by atoms with Crippen LogP contribution in [0.3, 0.4) is 0 Å². The highest BCUT2D eigenvalue weighted by Gasteiger charge is 2.49. The monoisotopic (exact) mass is 268 g/mol. The van der Waals surface area contributed by atoms with Crippen molar-refractivity contribution in [2.45, 2.75) is 11.5 Å². The van der Waals surface area contributed by atoms with E-state index in [0.29, 0.717) is 18.8 Å². The van der Waals surface area contributed by atoms with Crippen molar-refractivity contribution in [2.75, 3.05) is 39.9 Å². The predicted molar refractivity (Wildman–Crippen MR) is 68.1 cm³/mol. The minimum atomic E-state index is -0.537. The summed E-state index contributed by atoms with van der Waals surface area (Å²) in [4.78, 5) is 2.22. The van der Waals surface area contributed by atoms with Gasteiger partial charge in [-0.25, -0.2) is 8.78 Å². The first kappa shape index (κ1) is 13.0. The summed E-state index contributed by atoms with van der Waals surface area (Å²) in [6, 6.07) is 3.98. The molecule has 1 N–H and O–H groups in total. The molecule has 0 aliphatic carbocycles. The number of ether oxygens (including phenoxy) is 1. The number of likely N-dealkylation sites (N-methyl/N-ethyl adjacent to an activating group) is 1. The van der Waals surface area contributed by atoms with Gasteiger partial charge in [0.25, 0.3) is 0 Å². The lowest BCUT2D eigenvalue weighted by atomic mass is 9.71. The summed E-state index contributed by atoms with van der Waals surface area (Å²) >= 11 is 0. The van der Waals surface area contributed by atoms with Crippen LogP contribution in [0.5, 0.6) is 0 Å². The fraction of sp³-hybridized carbons (Fsp3) is 0.571. The number of benzene rings is 1. The van der Waals surface area contributed by atoms with E-state index < -0.39 is 11.6 Å². The second-order valence-electron chi connectivity index (χ2n) is 5.54. The average molecular weight is 268 g/mol. The molecule has 1 aromatic rings. The molecule has 0 radical (unpaired) electrons. The molecule has 3 rings (SSSR count). The summed E-state index contributed by atoms with van der Waals surface area (Å²) < 4.78 is 32.5. The Kier molecular flexibility index (Phi) is 3.28. The van der Waals surface area contributed by atoms with Gasteiger partial charge in [0.1, 0.15) is 11.6 Å². The van der Waals surface area contributed by atoms with Crippen molar-refractivity contribution in [3.8, 4) is 0 Å². The molecule has 104 valence electrons. The minimum Gasteiger partial charge on any atom is -0.379 e. The summed E-state index contributed by atoms with van der Waals surface area (Å²) in [6.07, 6.45) is 0. The van der Waals surface area contributed by atoms with Gasteiger partial charge in [-0.15, -0.1) is 0 Å². The maximum atomic E-state index is 14.1. The zero-order valence-corrected chi connectivity index (χ0v) is 11.0. The van der Waals surface area contributed by atoms with Crippen molar-refractivity contribution in [3.63, 3.8) is 0 Å². The van der Waals surface area contributed by atoms with Crippen LogP contribution in [-0.2, 0) is 10.2 Å². The van der Waals surface area contributed by atoms with Gasteiger partial charge in [0.15, 0.2) is 0 Å². The maximum absolute atomic E-state index is 14.1. The van der Waals surface area contributed by atoms with Gasteiger partial charge in [-0.1, -0.05) is 6.07 Å². The first-order chi connectivity index (χ1) is 9.12. The Balaban J connectivity index is 1.94. The first-order valence-electron chi connectivity index (χ1n) is 6.57. The van der Waals surface area contributed by atoms with E-state index in [2.05, 4.69) is 17.3 Å². The van der Waals surface area contributed by atoms with Crippen molar-refractivity contribution in [3.05, 3.63) is 35.4 Å². The Morgan fingerprint density at radius 2 is 2.16 bits per heavy atom. The smallest absolute Gasteiger partial charge is 0.130 e. The van der Waals surface area contributed by atoms with Crippen LogP contribution in [0.2, 0.25) is 0 Å². The van der Waals surface area contributed by atoms with Gasteiger partial charge in [-0.3, -0.25) is 0 Å². The SMILES string of the molecule is CN1CCNC(C2(c3ccc(F)cc3F)COC2)C1. The summed E-state index contributed by atoms with van der Waals surface area (Å²) in [5, 5.41) is 3.45. The first-order valence-corrected chi connectivity index (χ1v) is 6.57. The van der Waals surface area contributed by atoms with E-state index in [0.717, 1.165) is 25.7 Å². The van der Waals surface area contributed by atoms with E-state index in [1.54, 1.807) is 6.07 Å². The zero-order valence-electron chi connectivity index (χ0n) is 11.0. The molecule has 0 bridgehead atoms. The van der Waals surface area contributed by atoms with E-state index in [1.165, 1.54) is 6.07 Å². The number of halogens is 2. The Morgan fingerprint density at radius 3 is 2.74 bits per heavy atom. The summed E-state index contributed by atoms with van der Waals surface area (Å²) in [7, 11) is 2.06. The largest absolute Gasteiger partial charge is 0.379 e. The molecule has 0 spiro atoms. The van der Waals surface area contributed by atoms with E-state index in [1.807, 2.05) is 0 Å². The molecule has 0 aromatic heterocycles.